The van der Waals surface area contributed by atoms with Crippen molar-refractivity contribution in [1.29, 1.82) is 0 Å². The molecule has 0 spiro atoms. The molecule has 0 aliphatic carbocycles. The highest BCUT2D eigenvalue weighted by atomic mass is 16.3. The summed E-state index contributed by atoms with van der Waals surface area (Å²) in [4.78, 5) is 0. The number of hydrogen-bond donors (Lipinski definition) is 4. The van der Waals surface area contributed by atoms with E-state index in [1.54, 1.807) is 0 Å². The molecule has 1 rings (SSSR count). The molecule has 0 aromatic rings. The van der Waals surface area contributed by atoms with E-state index in [-0.39, 0.29) is 6.04 Å². The van der Waals surface area contributed by atoms with Gasteiger partial charge in [-0.3, -0.25) is 0 Å². The van der Waals surface area contributed by atoms with E-state index >= 15 is 0 Å². The fourth-order valence-electron chi connectivity index (χ4n) is 1.58. The Labute approximate surface area is 79.3 Å². The molecule has 0 unspecified atom stereocenters. The number of aliphatic hydroxyl groups is 2. The maximum absolute atomic E-state index is 9.48. The first-order chi connectivity index (χ1) is 6.11. The van der Waals surface area contributed by atoms with E-state index in [0.717, 1.165) is 13.0 Å². The molecule has 0 aromatic carbocycles. The highest BCUT2D eigenvalue weighted by molar-refractivity contribution is 4.90. The van der Waals surface area contributed by atoms with E-state index in [1.165, 1.54) is 0 Å². The van der Waals surface area contributed by atoms with Gasteiger partial charge in [0.15, 0.2) is 0 Å². The Morgan fingerprint density at radius 2 is 2.15 bits per heavy atom. The molecule has 1 aliphatic rings. The van der Waals surface area contributed by atoms with Crippen LogP contribution in [0.5, 0.6) is 0 Å². The summed E-state index contributed by atoms with van der Waals surface area (Å²) in [6.45, 7) is 5.56. The van der Waals surface area contributed by atoms with Crippen LogP contribution < -0.4 is 10.6 Å². The first-order valence-corrected chi connectivity index (χ1v) is 4.94. The standard InChI is InChI=1S/C9H20N2O2/c1-6(2)10-4-3-7-9(13)8(12)5-11-7/h6-13H,3-5H2,1-2H3/t7-,8-,9+/m0/s1. The van der Waals surface area contributed by atoms with Crippen molar-refractivity contribution in [3.63, 3.8) is 0 Å². The Hall–Kier alpha value is -0.160. The first-order valence-electron chi connectivity index (χ1n) is 4.94. The molecule has 78 valence electrons. The molecule has 13 heavy (non-hydrogen) atoms. The minimum absolute atomic E-state index is 0.0428. The van der Waals surface area contributed by atoms with Gasteiger partial charge in [-0.25, -0.2) is 0 Å². The molecule has 4 nitrogen and oxygen atoms in total. The summed E-state index contributed by atoms with van der Waals surface area (Å²) in [6, 6.07) is 0.518. The van der Waals surface area contributed by atoms with Gasteiger partial charge in [-0.15, -0.1) is 0 Å². The Morgan fingerprint density at radius 1 is 1.46 bits per heavy atom. The van der Waals surface area contributed by atoms with Crippen molar-refractivity contribution < 1.29 is 10.2 Å². The third-order valence-electron chi connectivity index (χ3n) is 2.40. The summed E-state index contributed by atoms with van der Waals surface area (Å²) in [5.41, 5.74) is 0. The van der Waals surface area contributed by atoms with Gasteiger partial charge >= 0.3 is 0 Å². The Kier molecular flexibility index (Phi) is 4.12. The zero-order valence-corrected chi connectivity index (χ0v) is 8.33. The molecule has 1 fully saturated rings. The van der Waals surface area contributed by atoms with Gasteiger partial charge in [0, 0.05) is 18.6 Å². The molecular weight excluding hydrogens is 168 g/mol. The van der Waals surface area contributed by atoms with Gasteiger partial charge in [0.25, 0.3) is 0 Å². The fourth-order valence-corrected chi connectivity index (χ4v) is 1.58. The maximum Gasteiger partial charge on any atom is 0.0964 e. The molecular formula is C9H20N2O2. The van der Waals surface area contributed by atoms with E-state index in [1.807, 2.05) is 0 Å². The van der Waals surface area contributed by atoms with Crippen LogP contribution in [0.4, 0.5) is 0 Å². The van der Waals surface area contributed by atoms with Crippen LogP contribution in [0, 0.1) is 0 Å². The number of rotatable bonds is 4. The normalized spacial score (nSPS) is 34.4. The second kappa shape index (κ2) is 4.91. The predicted octanol–water partition coefficient (Wildman–Crippen LogP) is -0.932. The van der Waals surface area contributed by atoms with E-state index in [0.29, 0.717) is 12.6 Å². The van der Waals surface area contributed by atoms with Crippen LogP contribution in [0.25, 0.3) is 0 Å². The summed E-state index contributed by atoms with van der Waals surface area (Å²) in [5, 5.41) is 25.1. The van der Waals surface area contributed by atoms with Gasteiger partial charge in [-0.2, -0.15) is 0 Å². The maximum atomic E-state index is 9.48. The summed E-state index contributed by atoms with van der Waals surface area (Å²) >= 11 is 0. The zero-order valence-electron chi connectivity index (χ0n) is 8.33. The van der Waals surface area contributed by atoms with Crippen molar-refractivity contribution >= 4 is 0 Å². The SMILES string of the molecule is CC(C)NCC[C@@H]1NC[C@H](O)[C@@H]1O. The van der Waals surface area contributed by atoms with Crippen molar-refractivity contribution in [2.24, 2.45) is 0 Å². The van der Waals surface area contributed by atoms with Gasteiger partial charge in [0.1, 0.15) is 0 Å². The van der Waals surface area contributed by atoms with Crippen LogP contribution >= 0.6 is 0 Å². The highest BCUT2D eigenvalue weighted by Crippen LogP contribution is 2.10. The van der Waals surface area contributed by atoms with Crippen LogP contribution in [0.2, 0.25) is 0 Å². The summed E-state index contributed by atoms with van der Waals surface area (Å²) in [6.07, 6.45) is -0.339. The van der Waals surface area contributed by atoms with Gasteiger partial charge in [-0.1, -0.05) is 13.8 Å². The van der Waals surface area contributed by atoms with E-state index in [9.17, 15) is 10.2 Å². The molecule has 1 saturated heterocycles. The monoisotopic (exact) mass is 188 g/mol. The Bertz CT molecular complexity index is 153. The van der Waals surface area contributed by atoms with Crippen LogP contribution in [-0.2, 0) is 0 Å². The molecule has 0 bridgehead atoms. The number of aliphatic hydroxyl groups excluding tert-OH is 2. The molecule has 0 radical (unpaired) electrons. The lowest BCUT2D eigenvalue weighted by atomic mass is 10.1. The summed E-state index contributed by atoms with van der Waals surface area (Å²) < 4.78 is 0. The fraction of sp³-hybridized carbons (Fsp3) is 1.00. The van der Waals surface area contributed by atoms with Crippen LogP contribution in [0.15, 0.2) is 0 Å². The molecule has 0 saturated carbocycles. The molecule has 3 atom stereocenters. The lowest BCUT2D eigenvalue weighted by molar-refractivity contribution is 0.0393. The van der Waals surface area contributed by atoms with Crippen LogP contribution in [0.3, 0.4) is 0 Å². The predicted molar refractivity (Wildman–Crippen MR) is 51.6 cm³/mol. The molecule has 1 heterocycles. The van der Waals surface area contributed by atoms with Crippen molar-refractivity contribution in [3.8, 4) is 0 Å². The topological polar surface area (TPSA) is 64.5 Å². The molecule has 4 heteroatoms. The Balaban J connectivity index is 2.15. The third-order valence-corrected chi connectivity index (χ3v) is 2.40. The number of hydrogen-bond acceptors (Lipinski definition) is 4. The minimum Gasteiger partial charge on any atom is -0.389 e. The second-order valence-corrected chi connectivity index (χ2v) is 3.97. The first kappa shape index (κ1) is 10.9. The summed E-state index contributed by atoms with van der Waals surface area (Å²) in [7, 11) is 0. The van der Waals surface area contributed by atoms with Gasteiger partial charge < -0.3 is 20.8 Å². The lowest BCUT2D eigenvalue weighted by Crippen LogP contribution is -2.37. The van der Waals surface area contributed by atoms with Gasteiger partial charge in [-0.05, 0) is 13.0 Å². The van der Waals surface area contributed by atoms with Crippen molar-refractivity contribution in [2.75, 3.05) is 13.1 Å². The third kappa shape index (κ3) is 3.23. The lowest BCUT2D eigenvalue weighted by Gasteiger charge is -2.17. The Morgan fingerprint density at radius 3 is 2.62 bits per heavy atom. The minimum atomic E-state index is -0.603. The summed E-state index contributed by atoms with van der Waals surface area (Å²) in [5.74, 6) is 0. The number of β-amino-alcohol motifs (C(OH)–C–C–N with tert-alkyl or cyclic N) is 1. The van der Waals surface area contributed by atoms with Crippen LogP contribution in [-0.4, -0.2) is 47.6 Å². The second-order valence-electron chi connectivity index (χ2n) is 3.97. The van der Waals surface area contributed by atoms with Crippen molar-refractivity contribution in [3.05, 3.63) is 0 Å². The quantitative estimate of drug-likeness (QED) is 0.460. The molecule has 4 N–H and O–H groups in total. The van der Waals surface area contributed by atoms with Crippen LogP contribution in [0.1, 0.15) is 20.3 Å². The number of nitrogens with one attached hydrogen (secondary N) is 2. The van der Waals surface area contributed by atoms with E-state index in [4.69, 9.17) is 0 Å². The van der Waals surface area contributed by atoms with Gasteiger partial charge in [0.2, 0.25) is 0 Å². The van der Waals surface area contributed by atoms with Crippen molar-refractivity contribution in [2.45, 2.75) is 44.6 Å². The highest BCUT2D eigenvalue weighted by Gasteiger charge is 2.32. The van der Waals surface area contributed by atoms with E-state index in [2.05, 4.69) is 24.5 Å². The van der Waals surface area contributed by atoms with Crippen molar-refractivity contribution in [1.82, 2.24) is 10.6 Å². The van der Waals surface area contributed by atoms with E-state index < -0.39 is 12.2 Å². The van der Waals surface area contributed by atoms with Gasteiger partial charge in [0.05, 0.1) is 12.2 Å². The molecule has 1 aliphatic heterocycles. The largest absolute Gasteiger partial charge is 0.389 e. The molecule has 0 amide bonds. The smallest absolute Gasteiger partial charge is 0.0964 e. The molecule has 0 aromatic heterocycles. The average Bonchev–Trinajstić information content (AvgIpc) is 2.35. The zero-order chi connectivity index (χ0) is 9.84. The average molecular weight is 188 g/mol.